The molecule has 2 aliphatic rings. The lowest BCUT2D eigenvalue weighted by molar-refractivity contribution is -0.136. The number of aromatic nitrogens is 3. The van der Waals surface area contributed by atoms with Crippen LogP contribution in [-0.4, -0.2) is 64.5 Å². The van der Waals surface area contributed by atoms with Gasteiger partial charge in [0.2, 0.25) is 0 Å². The van der Waals surface area contributed by atoms with Gasteiger partial charge in [-0.25, -0.2) is 14.2 Å². The Balaban J connectivity index is 1.60. The summed E-state index contributed by atoms with van der Waals surface area (Å²) in [4.78, 5) is 38.5. The maximum absolute atomic E-state index is 13.8. The topological polar surface area (TPSA) is 122 Å². The van der Waals surface area contributed by atoms with E-state index in [4.69, 9.17) is 26.1 Å². The Morgan fingerprint density at radius 1 is 1.42 bits per heavy atom. The number of hydrogen-bond acceptors (Lipinski definition) is 11. The minimum Gasteiger partial charge on any atom is -0.466 e. The van der Waals surface area contributed by atoms with Crippen LogP contribution in [0.5, 0.6) is 0 Å². The van der Waals surface area contributed by atoms with Gasteiger partial charge in [-0.05, 0) is 12.1 Å². The van der Waals surface area contributed by atoms with Gasteiger partial charge in [-0.3, -0.25) is 19.7 Å². The van der Waals surface area contributed by atoms with Crippen LogP contribution in [0.2, 0.25) is 5.02 Å². The lowest BCUT2D eigenvalue weighted by Crippen LogP contribution is -2.45. The minimum absolute atomic E-state index is 0.134. The van der Waals surface area contributed by atoms with Crippen molar-refractivity contribution >= 4 is 46.3 Å². The predicted octanol–water partition coefficient (Wildman–Crippen LogP) is 2.67. The van der Waals surface area contributed by atoms with Crippen molar-refractivity contribution in [3.05, 3.63) is 77.9 Å². The summed E-state index contributed by atoms with van der Waals surface area (Å²) in [5, 5.41) is 5.82. The minimum atomic E-state index is -0.862. The van der Waals surface area contributed by atoms with Gasteiger partial charge in [0, 0.05) is 52.5 Å². The van der Waals surface area contributed by atoms with E-state index in [1.165, 1.54) is 36.6 Å². The molecule has 2 aliphatic heterocycles. The fourth-order valence-electron chi connectivity index (χ4n) is 4.14. The van der Waals surface area contributed by atoms with Crippen LogP contribution < -0.4 is 10.2 Å². The molecule has 2 N–H and O–H groups in total. The Labute approximate surface area is 217 Å². The third-order valence-electron chi connectivity index (χ3n) is 5.80. The molecule has 188 valence electrons. The number of H-pyrrole nitrogens is 1. The number of halogens is 2. The van der Waals surface area contributed by atoms with E-state index in [0.717, 1.165) is 11.5 Å². The van der Waals surface area contributed by atoms with E-state index in [1.807, 2.05) is 10.3 Å². The number of hydrogen-bond donors (Lipinski definition) is 2. The number of carbonyl (C=O) groups excluding carboxylic acids is 1. The van der Waals surface area contributed by atoms with Crippen molar-refractivity contribution in [3.63, 3.8) is 0 Å². The molecule has 4 heterocycles. The molecule has 3 aromatic rings. The first-order chi connectivity index (χ1) is 17.4. The summed E-state index contributed by atoms with van der Waals surface area (Å²) >= 11 is 8.63. The molecule has 0 unspecified atom stereocenters. The SMILES string of the molecule is COC(=O)C1=C(CN2CCOC[C@H]2c2nsc(=O)[nH]2)NC(c2nccs2)=N[C@H]1c1ccc(F)cc1Cl. The van der Waals surface area contributed by atoms with E-state index in [2.05, 4.69) is 19.7 Å². The Morgan fingerprint density at radius 2 is 2.28 bits per heavy atom. The van der Waals surface area contributed by atoms with E-state index in [1.54, 1.807) is 6.20 Å². The van der Waals surface area contributed by atoms with Crippen LogP contribution in [0.4, 0.5) is 4.39 Å². The highest BCUT2D eigenvalue weighted by atomic mass is 35.5. The second kappa shape index (κ2) is 10.6. The second-order valence-electron chi connectivity index (χ2n) is 7.93. The van der Waals surface area contributed by atoms with Gasteiger partial charge in [0.05, 0.1) is 31.9 Å². The Hall–Kier alpha value is -2.97. The maximum Gasteiger partial charge on any atom is 0.338 e. The lowest BCUT2D eigenvalue weighted by atomic mass is 9.95. The quantitative estimate of drug-likeness (QED) is 0.449. The maximum atomic E-state index is 13.8. The largest absolute Gasteiger partial charge is 0.466 e. The fourth-order valence-corrected chi connectivity index (χ4v) is 5.49. The molecule has 2 aromatic heterocycles. The molecule has 1 fully saturated rings. The molecule has 0 radical (unpaired) electrons. The molecular weight excluding hydrogens is 531 g/mol. The molecule has 14 heteroatoms. The first-order valence-corrected chi connectivity index (χ1v) is 12.9. The van der Waals surface area contributed by atoms with Gasteiger partial charge in [-0.2, -0.15) is 4.37 Å². The monoisotopic (exact) mass is 550 g/mol. The van der Waals surface area contributed by atoms with Gasteiger partial charge in [0.15, 0.2) is 10.8 Å². The number of benzene rings is 1. The average molecular weight is 551 g/mol. The number of nitrogens with zero attached hydrogens (tertiary/aromatic N) is 4. The third-order valence-corrected chi connectivity index (χ3v) is 7.46. The van der Waals surface area contributed by atoms with Crippen molar-refractivity contribution < 1.29 is 18.7 Å². The van der Waals surface area contributed by atoms with Crippen molar-refractivity contribution in [2.45, 2.75) is 12.1 Å². The van der Waals surface area contributed by atoms with Crippen LogP contribution in [0.15, 0.2) is 50.8 Å². The van der Waals surface area contributed by atoms with Gasteiger partial charge in [0.1, 0.15) is 17.7 Å². The van der Waals surface area contributed by atoms with Crippen LogP contribution >= 0.6 is 34.5 Å². The summed E-state index contributed by atoms with van der Waals surface area (Å²) in [5.41, 5.74) is 1.22. The zero-order valence-electron chi connectivity index (χ0n) is 18.9. The molecule has 10 nitrogen and oxygen atoms in total. The number of thiazole rings is 1. The van der Waals surface area contributed by atoms with Crippen LogP contribution in [0, 0.1) is 5.82 Å². The Kier molecular flexibility index (Phi) is 7.25. The number of aromatic amines is 1. The standard InChI is InChI=1S/C22H20ClFN6O4S2/c1-33-21(31)16-14(9-30-5-6-34-10-15(30)18-28-22(32)36-29-18)26-19(20-25-4-7-35-20)27-17(16)12-3-2-11(24)8-13(12)23/h2-4,7-8,15,17H,5-6,9-10H2,1H3,(H,26,27)(H,28,29,32)/t15-,17-/m0/s1. The van der Waals surface area contributed by atoms with Gasteiger partial charge < -0.3 is 14.8 Å². The van der Waals surface area contributed by atoms with Gasteiger partial charge in [-0.15, -0.1) is 11.3 Å². The number of aliphatic imine (C=N–C) groups is 1. The summed E-state index contributed by atoms with van der Waals surface area (Å²) in [5.74, 6) is -0.159. The highest BCUT2D eigenvalue weighted by Crippen LogP contribution is 2.37. The molecule has 0 amide bonds. The summed E-state index contributed by atoms with van der Waals surface area (Å²) in [6.45, 7) is 1.57. The number of methoxy groups -OCH3 is 1. The van der Waals surface area contributed by atoms with E-state index >= 15 is 0 Å². The average Bonchev–Trinajstić information content (AvgIpc) is 3.56. The molecule has 1 saturated heterocycles. The fraction of sp³-hybridized carbons (Fsp3) is 0.318. The third kappa shape index (κ3) is 4.97. The van der Waals surface area contributed by atoms with Gasteiger partial charge in [0.25, 0.3) is 0 Å². The van der Waals surface area contributed by atoms with Crippen LogP contribution in [0.3, 0.4) is 0 Å². The molecule has 1 aromatic carbocycles. The number of esters is 1. The van der Waals surface area contributed by atoms with E-state index in [0.29, 0.717) is 47.7 Å². The Morgan fingerprint density at radius 3 is 2.97 bits per heavy atom. The summed E-state index contributed by atoms with van der Waals surface area (Å²) in [6.07, 6.45) is 1.65. The van der Waals surface area contributed by atoms with E-state index in [9.17, 15) is 14.0 Å². The van der Waals surface area contributed by atoms with Crippen LogP contribution in [-0.2, 0) is 14.3 Å². The first-order valence-electron chi connectivity index (χ1n) is 10.8. The molecule has 36 heavy (non-hydrogen) atoms. The number of nitrogens with one attached hydrogen (secondary N) is 2. The molecule has 2 atom stereocenters. The zero-order chi connectivity index (χ0) is 25.2. The summed E-state index contributed by atoms with van der Waals surface area (Å²) in [7, 11) is 1.29. The van der Waals surface area contributed by atoms with Crippen molar-refractivity contribution in [2.75, 3.05) is 33.4 Å². The molecule has 0 spiro atoms. The predicted molar refractivity (Wildman–Crippen MR) is 133 cm³/mol. The molecule has 0 bridgehead atoms. The van der Waals surface area contributed by atoms with Gasteiger partial charge >= 0.3 is 10.8 Å². The summed E-state index contributed by atoms with van der Waals surface area (Å²) in [6, 6.07) is 2.77. The van der Waals surface area contributed by atoms with Crippen molar-refractivity contribution in [1.82, 2.24) is 24.6 Å². The number of rotatable bonds is 6. The second-order valence-corrected chi connectivity index (χ2v) is 9.97. The van der Waals surface area contributed by atoms with Crippen molar-refractivity contribution in [2.24, 2.45) is 4.99 Å². The molecular formula is C22H20ClFN6O4S2. The molecule has 0 saturated carbocycles. The van der Waals surface area contributed by atoms with Crippen LogP contribution in [0.1, 0.15) is 28.5 Å². The smallest absolute Gasteiger partial charge is 0.338 e. The molecule has 0 aliphatic carbocycles. The van der Waals surface area contributed by atoms with Crippen LogP contribution in [0.25, 0.3) is 0 Å². The summed E-state index contributed by atoms with van der Waals surface area (Å²) < 4.78 is 28.8. The van der Waals surface area contributed by atoms with E-state index < -0.39 is 17.8 Å². The highest BCUT2D eigenvalue weighted by molar-refractivity contribution is 7.11. The first kappa shape index (κ1) is 24.7. The number of amidine groups is 1. The lowest BCUT2D eigenvalue weighted by Gasteiger charge is -2.36. The Bertz CT molecular complexity index is 1390. The normalized spacial score (nSPS) is 20.7. The molecule has 5 rings (SSSR count). The van der Waals surface area contributed by atoms with Crippen molar-refractivity contribution in [3.8, 4) is 0 Å². The van der Waals surface area contributed by atoms with Gasteiger partial charge in [-0.1, -0.05) is 17.7 Å². The van der Waals surface area contributed by atoms with E-state index in [-0.39, 0.29) is 28.1 Å². The number of morpholine rings is 1. The zero-order valence-corrected chi connectivity index (χ0v) is 21.3. The number of ether oxygens (including phenoxy) is 2. The highest BCUT2D eigenvalue weighted by Gasteiger charge is 2.36. The van der Waals surface area contributed by atoms with Crippen molar-refractivity contribution in [1.29, 1.82) is 0 Å². The number of carbonyl (C=O) groups is 1.